The van der Waals surface area contributed by atoms with Gasteiger partial charge in [-0.15, -0.1) is 0 Å². The van der Waals surface area contributed by atoms with Crippen LogP contribution < -0.4 is 4.90 Å². The van der Waals surface area contributed by atoms with E-state index in [9.17, 15) is 9.59 Å². The topological polar surface area (TPSA) is 64.4 Å². The van der Waals surface area contributed by atoms with Crippen LogP contribution >= 0.6 is 0 Å². The van der Waals surface area contributed by atoms with Gasteiger partial charge in [-0.3, -0.25) is 9.59 Å². The van der Waals surface area contributed by atoms with Crippen molar-refractivity contribution in [1.82, 2.24) is 4.90 Å². The van der Waals surface area contributed by atoms with Crippen molar-refractivity contribution in [3.05, 3.63) is 29.8 Å². The summed E-state index contributed by atoms with van der Waals surface area (Å²) >= 11 is 0. The van der Waals surface area contributed by atoms with E-state index in [1.807, 2.05) is 11.0 Å². The first kappa shape index (κ1) is 15.0. The lowest BCUT2D eigenvalue weighted by atomic mass is 10.1. The second kappa shape index (κ2) is 6.89. The molecule has 21 heavy (non-hydrogen) atoms. The third-order valence-electron chi connectivity index (χ3n) is 3.69. The SMILES string of the molecule is CC(=O)N(CC(=O)N1CCCCC1)c1ccc(C#N)cc1. The van der Waals surface area contributed by atoms with E-state index in [0.717, 1.165) is 32.4 Å². The Balaban J connectivity index is 2.09. The summed E-state index contributed by atoms with van der Waals surface area (Å²) in [4.78, 5) is 27.4. The van der Waals surface area contributed by atoms with Crippen molar-refractivity contribution in [3.8, 4) is 6.07 Å². The standard InChI is InChI=1S/C16H19N3O2/c1-13(20)19(15-7-5-14(11-17)6-8-15)12-16(21)18-9-3-2-4-10-18/h5-8H,2-4,9-10,12H2,1H3. The lowest BCUT2D eigenvalue weighted by molar-refractivity contribution is -0.132. The fourth-order valence-electron chi connectivity index (χ4n) is 2.48. The van der Waals surface area contributed by atoms with E-state index in [2.05, 4.69) is 0 Å². The molecule has 0 bridgehead atoms. The molecule has 0 N–H and O–H groups in total. The van der Waals surface area contributed by atoms with Gasteiger partial charge < -0.3 is 9.80 Å². The first-order chi connectivity index (χ1) is 10.1. The van der Waals surface area contributed by atoms with Gasteiger partial charge in [0.25, 0.3) is 0 Å². The van der Waals surface area contributed by atoms with Crippen molar-refractivity contribution in [2.24, 2.45) is 0 Å². The van der Waals surface area contributed by atoms with Gasteiger partial charge in [-0.25, -0.2) is 0 Å². The molecule has 0 atom stereocenters. The predicted octanol–water partition coefficient (Wildman–Crippen LogP) is 1.92. The highest BCUT2D eigenvalue weighted by Crippen LogP contribution is 2.16. The molecule has 0 radical (unpaired) electrons. The third-order valence-corrected chi connectivity index (χ3v) is 3.69. The van der Waals surface area contributed by atoms with Gasteiger partial charge >= 0.3 is 0 Å². The maximum absolute atomic E-state index is 12.3. The molecule has 1 saturated heterocycles. The molecule has 0 aromatic heterocycles. The maximum atomic E-state index is 12.3. The number of hydrogen-bond donors (Lipinski definition) is 0. The number of carbonyl (C=O) groups is 2. The molecule has 5 nitrogen and oxygen atoms in total. The number of likely N-dealkylation sites (tertiary alicyclic amines) is 1. The van der Waals surface area contributed by atoms with Crippen LogP contribution in [-0.4, -0.2) is 36.3 Å². The third kappa shape index (κ3) is 3.82. The molecule has 0 saturated carbocycles. The van der Waals surface area contributed by atoms with Gasteiger partial charge in [-0.05, 0) is 43.5 Å². The molecular weight excluding hydrogens is 266 g/mol. The van der Waals surface area contributed by atoms with E-state index >= 15 is 0 Å². The van der Waals surface area contributed by atoms with Gasteiger partial charge in [0.2, 0.25) is 11.8 Å². The van der Waals surface area contributed by atoms with Crippen LogP contribution in [0.5, 0.6) is 0 Å². The van der Waals surface area contributed by atoms with E-state index in [0.29, 0.717) is 11.3 Å². The van der Waals surface area contributed by atoms with Crippen LogP contribution in [0.25, 0.3) is 0 Å². The van der Waals surface area contributed by atoms with Crippen LogP contribution in [0.2, 0.25) is 0 Å². The number of benzene rings is 1. The smallest absolute Gasteiger partial charge is 0.242 e. The molecular formula is C16H19N3O2. The number of piperidine rings is 1. The number of anilines is 1. The fourth-order valence-corrected chi connectivity index (χ4v) is 2.48. The second-order valence-electron chi connectivity index (χ2n) is 5.21. The van der Waals surface area contributed by atoms with Crippen molar-refractivity contribution >= 4 is 17.5 Å². The summed E-state index contributed by atoms with van der Waals surface area (Å²) in [6, 6.07) is 8.73. The summed E-state index contributed by atoms with van der Waals surface area (Å²) in [5.74, 6) is -0.195. The fraction of sp³-hybridized carbons (Fsp3) is 0.438. The molecule has 1 aliphatic heterocycles. The number of rotatable bonds is 3. The minimum absolute atomic E-state index is 0.0192. The van der Waals surface area contributed by atoms with Crippen molar-refractivity contribution in [2.75, 3.05) is 24.5 Å². The molecule has 0 spiro atoms. The highest BCUT2D eigenvalue weighted by Gasteiger charge is 2.21. The Morgan fingerprint density at radius 3 is 2.33 bits per heavy atom. The monoisotopic (exact) mass is 285 g/mol. The first-order valence-electron chi connectivity index (χ1n) is 7.18. The maximum Gasteiger partial charge on any atom is 0.242 e. The molecule has 1 aromatic carbocycles. The van der Waals surface area contributed by atoms with Crippen LogP contribution in [0.15, 0.2) is 24.3 Å². The molecule has 1 aromatic rings. The van der Waals surface area contributed by atoms with Crippen LogP contribution in [0.1, 0.15) is 31.7 Å². The molecule has 110 valence electrons. The van der Waals surface area contributed by atoms with Crippen LogP contribution in [-0.2, 0) is 9.59 Å². The van der Waals surface area contributed by atoms with Gasteiger partial charge in [0.05, 0.1) is 11.6 Å². The summed E-state index contributed by atoms with van der Waals surface area (Å²) in [5.41, 5.74) is 1.18. The molecule has 0 unspecified atom stereocenters. The zero-order valence-corrected chi connectivity index (χ0v) is 12.2. The van der Waals surface area contributed by atoms with E-state index < -0.39 is 0 Å². The average Bonchev–Trinajstić information content (AvgIpc) is 2.53. The van der Waals surface area contributed by atoms with Gasteiger partial charge in [0.15, 0.2) is 0 Å². The quantitative estimate of drug-likeness (QED) is 0.852. The van der Waals surface area contributed by atoms with E-state index in [1.54, 1.807) is 24.3 Å². The number of nitrogens with zero attached hydrogens (tertiary/aromatic N) is 3. The van der Waals surface area contributed by atoms with Crippen LogP contribution in [0.4, 0.5) is 5.69 Å². The predicted molar refractivity (Wildman–Crippen MR) is 79.6 cm³/mol. The zero-order valence-electron chi connectivity index (χ0n) is 12.2. The van der Waals surface area contributed by atoms with E-state index in [-0.39, 0.29) is 18.4 Å². The largest absolute Gasteiger partial charge is 0.341 e. The summed E-state index contributed by atoms with van der Waals surface area (Å²) in [6.45, 7) is 3.05. The molecule has 2 amide bonds. The van der Waals surface area contributed by atoms with Gasteiger partial charge in [-0.1, -0.05) is 0 Å². The molecule has 2 rings (SSSR count). The Kier molecular flexibility index (Phi) is 4.94. The first-order valence-corrected chi connectivity index (χ1v) is 7.18. The molecule has 1 fully saturated rings. The lowest BCUT2D eigenvalue weighted by Gasteiger charge is -2.29. The molecule has 5 heteroatoms. The van der Waals surface area contributed by atoms with E-state index in [1.165, 1.54) is 11.8 Å². The van der Waals surface area contributed by atoms with Crippen molar-refractivity contribution in [1.29, 1.82) is 5.26 Å². The molecule has 1 heterocycles. The number of nitriles is 1. The number of hydrogen-bond acceptors (Lipinski definition) is 3. The molecule has 0 aliphatic carbocycles. The minimum Gasteiger partial charge on any atom is -0.341 e. The van der Waals surface area contributed by atoms with Gasteiger partial charge in [-0.2, -0.15) is 5.26 Å². The summed E-state index contributed by atoms with van der Waals surface area (Å²) in [7, 11) is 0. The van der Waals surface area contributed by atoms with Crippen molar-refractivity contribution in [2.45, 2.75) is 26.2 Å². The average molecular weight is 285 g/mol. The van der Waals surface area contributed by atoms with Gasteiger partial charge in [0.1, 0.15) is 6.54 Å². The normalized spacial score (nSPS) is 14.4. The van der Waals surface area contributed by atoms with E-state index in [4.69, 9.17) is 5.26 Å². The Morgan fingerprint density at radius 1 is 1.19 bits per heavy atom. The lowest BCUT2D eigenvalue weighted by Crippen LogP contribution is -2.44. The second-order valence-corrected chi connectivity index (χ2v) is 5.21. The Morgan fingerprint density at radius 2 is 1.81 bits per heavy atom. The number of amides is 2. The highest BCUT2D eigenvalue weighted by molar-refractivity contribution is 5.97. The van der Waals surface area contributed by atoms with Gasteiger partial charge in [0, 0.05) is 25.7 Å². The summed E-state index contributed by atoms with van der Waals surface area (Å²) < 4.78 is 0. The minimum atomic E-state index is -0.176. The number of carbonyl (C=O) groups excluding carboxylic acids is 2. The molecule has 1 aliphatic rings. The highest BCUT2D eigenvalue weighted by atomic mass is 16.2. The zero-order chi connectivity index (χ0) is 15.2. The summed E-state index contributed by atoms with van der Waals surface area (Å²) in [5, 5.41) is 8.80. The van der Waals surface area contributed by atoms with Crippen molar-refractivity contribution < 1.29 is 9.59 Å². The Hall–Kier alpha value is -2.35. The van der Waals surface area contributed by atoms with Crippen molar-refractivity contribution in [3.63, 3.8) is 0 Å². The van der Waals surface area contributed by atoms with Crippen LogP contribution in [0.3, 0.4) is 0 Å². The van der Waals surface area contributed by atoms with Crippen LogP contribution in [0, 0.1) is 11.3 Å². The Bertz CT molecular complexity index is 554. The Labute approximate surface area is 124 Å². The summed E-state index contributed by atoms with van der Waals surface area (Å²) in [6.07, 6.45) is 3.22.